The minimum atomic E-state index is -0.546. The average molecular weight is 221 g/mol. The van der Waals surface area contributed by atoms with Crippen LogP contribution in [0.5, 0.6) is 0 Å². The first-order valence-corrected chi connectivity index (χ1v) is 5.28. The molecular weight excluding hydrogens is 214 g/mol. The molecule has 15 heavy (non-hydrogen) atoms. The van der Waals surface area contributed by atoms with Gasteiger partial charge in [0.25, 0.3) is 11.1 Å². The van der Waals surface area contributed by atoms with E-state index in [-0.39, 0.29) is 5.75 Å². The van der Waals surface area contributed by atoms with Crippen molar-refractivity contribution >= 4 is 28.8 Å². The zero-order valence-electron chi connectivity index (χ0n) is 7.67. The van der Waals surface area contributed by atoms with E-state index in [1.165, 1.54) is 0 Å². The van der Waals surface area contributed by atoms with Crippen molar-refractivity contribution in [2.24, 2.45) is 0 Å². The Bertz CT molecular complexity index is 414. The number of nitrogens with zero attached hydrogens (tertiary/aromatic N) is 1. The molecule has 1 aromatic carbocycles. The molecule has 0 spiro atoms. The normalized spacial score (nSPS) is 15.9. The molecule has 0 saturated carbocycles. The highest BCUT2D eigenvalue weighted by atomic mass is 32.2. The van der Waals surface area contributed by atoms with Crippen LogP contribution in [0.2, 0.25) is 0 Å². The predicted octanol–water partition coefficient (Wildman–Crippen LogP) is 1.52. The van der Waals surface area contributed by atoms with E-state index in [4.69, 9.17) is 0 Å². The number of benzene rings is 1. The number of hydrogen-bond donors (Lipinski definition) is 0. The van der Waals surface area contributed by atoms with Gasteiger partial charge in [-0.15, -0.1) is 0 Å². The third-order valence-corrected chi connectivity index (χ3v) is 2.80. The van der Waals surface area contributed by atoms with E-state index in [9.17, 15) is 14.4 Å². The molecule has 5 heteroatoms. The SMILES string of the molecule is O=C1CSC(=O)N1C(=O)c1ccccc1. The maximum atomic E-state index is 11.7. The fourth-order valence-electron chi connectivity index (χ4n) is 1.26. The second kappa shape index (κ2) is 3.86. The minimum absolute atomic E-state index is 0.0530. The van der Waals surface area contributed by atoms with Crippen LogP contribution in [-0.4, -0.2) is 27.7 Å². The van der Waals surface area contributed by atoms with Crippen molar-refractivity contribution in [2.75, 3.05) is 5.75 Å². The van der Waals surface area contributed by atoms with Gasteiger partial charge in [-0.05, 0) is 12.1 Å². The van der Waals surface area contributed by atoms with Gasteiger partial charge in [-0.3, -0.25) is 14.4 Å². The lowest BCUT2D eigenvalue weighted by Crippen LogP contribution is -2.35. The van der Waals surface area contributed by atoms with Crippen molar-refractivity contribution in [3.8, 4) is 0 Å². The van der Waals surface area contributed by atoms with E-state index >= 15 is 0 Å². The molecule has 0 radical (unpaired) electrons. The lowest BCUT2D eigenvalue weighted by atomic mass is 10.2. The zero-order chi connectivity index (χ0) is 10.8. The van der Waals surface area contributed by atoms with Gasteiger partial charge in [0.2, 0.25) is 5.91 Å². The number of amides is 3. The smallest absolute Gasteiger partial charge is 0.273 e. The highest BCUT2D eigenvalue weighted by Crippen LogP contribution is 2.20. The molecule has 76 valence electrons. The Morgan fingerprint density at radius 3 is 2.40 bits per heavy atom. The highest BCUT2D eigenvalue weighted by Gasteiger charge is 2.35. The summed E-state index contributed by atoms with van der Waals surface area (Å²) in [4.78, 5) is 34.9. The van der Waals surface area contributed by atoms with Crippen LogP contribution in [0.4, 0.5) is 4.79 Å². The second-order valence-electron chi connectivity index (χ2n) is 2.95. The van der Waals surface area contributed by atoms with Crippen LogP contribution in [0.1, 0.15) is 10.4 Å². The monoisotopic (exact) mass is 221 g/mol. The van der Waals surface area contributed by atoms with Crippen molar-refractivity contribution in [1.29, 1.82) is 0 Å². The molecule has 3 amide bonds. The summed E-state index contributed by atoms with van der Waals surface area (Å²) in [7, 11) is 0. The quantitative estimate of drug-likeness (QED) is 0.675. The molecule has 0 bridgehead atoms. The Morgan fingerprint density at radius 2 is 1.87 bits per heavy atom. The molecule has 1 aromatic rings. The number of hydrogen-bond acceptors (Lipinski definition) is 4. The summed E-state index contributed by atoms with van der Waals surface area (Å²) >= 11 is 0.853. The lowest BCUT2D eigenvalue weighted by molar-refractivity contribution is -0.122. The van der Waals surface area contributed by atoms with Gasteiger partial charge in [-0.25, -0.2) is 4.90 Å². The van der Waals surface area contributed by atoms with Gasteiger partial charge in [-0.2, -0.15) is 0 Å². The van der Waals surface area contributed by atoms with E-state index in [1.807, 2.05) is 0 Å². The van der Waals surface area contributed by atoms with E-state index in [0.717, 1.165) is 11.8 Å². The molecule has 1 aliphatic heterocycles. The number of rotatable bonds is 1. The van der Waals surface area contributed by atoms with Crippen molar-refractivity contribution in [1.82, 2.24) is 4.90 Å². The molecule has 0 N–H and O–H groups in total. The topological polar surface area (TPSA) is 54.5 Å². The van der Waals surface area contributed by atoms with E-state index in [2.05, 4.69) is 0 Å². The third-order valence-electron chi connectivity index (χ3n) is 1.97. The van der Waals surface area contributed by atoms with E-state index in [1.54, 1.807) is 30.3 Å². The van der Waals surface area contributed by atoms with Crippen LogP contribution in [0, 0.1) is 0 Å². The van der Waals surface area contributed by atoms with Crippen LogP contribution in [0.25, 0.3) is 0 Å². The summed E-state index contributed by atoms with van der Waals surface area (Å²) in [6.07, 6.45) is 0. The molecule has 2 rings (SSSR count). The Kier molecular flexibility index (Phi) is 2.55. The maximum absolute atomic E-state index is 11.7. The Balaban J connectivity index is 2.29. The van der Waals surface area contributed by atoms with Gasteiger partial charge in [0.15, 0.2) is 0 Å². The van der Waals surface area contributed by atoms with E-state index < -0.39 is 17.1 Å². The molecule has 0 aliphatic carbocycles. The highest BCUT2D eigenvalue weighted by molar-refractivity contribution is 8.14. The third kappa shape index (κ3) is 1.78. The number of carbonyl (C=O) groups is 3. The van der Waals surface area contributed by atoms with E-state index in [0.29, 0.717) is 10.5 Å². The molecule has 1 heterocycles. The maximum Gasteiger partial charge on any atom is 0.295 e. The summed E-state index contributed by atoms with van der Waals surface area (Å²) in [5.74, 6) is -0.938. The summed E-state index contributed by atoms with van der Waals surface area (Å²) in [6, 6.07) is 8.29. The first-order chi connectivity index (χ1) is 7.20. The Morgan fingerprint density at radius 1 is 1.20 bits per heavy atom. The number of thioether (sulfide) groups is 1. The number of imide groups is 3. The second-order valence-corrected chi connectivity index (χ2v) is 3.88. The van der Waals surface area contributed by atoms with Gasteiger partial charge in [0.05, 0.1) is 5.75 Å². The molecule has 4 nitrogen and oxygen atoms in total. The number of carbonyl (C=O) groups excluding carboxylic acids is 3. The van der Waals surface area contributed by atoms with Crippen molar-refractivity contribution in [3.05, 3.63) is 35.9 Å². The van der Waals surface area contributed by atoms with Crippen molar-refractivity contribution in [2.45, 2.75) is 0 Å². The molecule has 1 aliphatic rings. The van der Waals surface area contributed by atoms with Gasteiger partial charge in [-0.1, -0.05) is 30.0 Å². The van der Waals surface area contributed by atoms with Crippen LogP contribution in [0.3, 0.4) is 0 Å². The van der Waals surface area contributed by atoms with Crippen molar-refractivity contribution < 1.29 is 14.4 Å². The predicted molar refractivity (Wildman–Crippen MR) is 55.5 cm³/mol. The van der Waals surface area contributed by atoms with Crippen LogP contribution < -0.4 is 0 Å². The first-order valence-electron chi connectivity index (χ1n) is 4.29. The molecule has 1 saturated heterocycles. The molecule has 0 atom stereocenters. The van der Waals surface area contributed by atoms with Gasteiger partial charge in [0, 0.05) is 5.56 Å². The van der Waals surface area contributed by atoms with Crippen LogP contribution >= 0.6 is 11.8 Å². The molecular formula is C10H7NO3S. The first kappa shape index (κ1) is 9.92. The molecule has 0 unspecified atom stereocenters. The van der Waals surface area contributed by atoms with Gasteiger partial charge in [0.1, 0.15) is 0 Å². The van der Waals surface area contributed by atoms with Gasteiger partial charge >= 0.3 is 0 Å². The lowest BCUT2D eigenvalue weighted by Gasteiger charge is -2.09. The summed E-state index contributed by atoms with van der Waals surface area (Å²) in [5, 5.41) is -0.492. The summed E-state index contributed by atoms with van der Waals surface area (Å²) < 4.78 is 0. The Hall–Kier alpha value is -1.62. The fraction of sp³-hybridized carbons (Fsp3) is 0.100. The summed E-state index contributed by atoms with van der Waals surface area (Å²) in [6.45, 7) is 0. The molecule has 0 aromatic heterocycles. The summed E-state index contributed by atoms with van der Waals surface area (Å²) in [5.41, 5.74) is 0.349. The standard InChI is InChI=1S/C10H7NO3S/c12-8-6-15-10(14)11(8)9(13)7-4-2-1-3-5-7/h1-5H,6H2. The molecule has 1 fully saturated rings. The Labute approximate surface area is 90.3 Å². The zero-order valence-corrected chi connectivity index (χ0v) is 8.49. The largest absolute Gasteiger partial charge is 0.295 e. The van der Waals surface area contributed by atoms with Crippen LogP contribution in [-0.2, 0) is 4.79 Å². The van der Waals surface area contributed by atoms with Crippen molar-refractivity contribution in [3.63, 3.8) is 0 Å². The minimum Gasteiger partial charge on any atom is -0.273 e. The average Bonchev–Trinajstić information content (AvgIpc) is 2.59. The van der Waals surface area contributed by atoms with Crippen LogP contribution in [0.15, 0.2) is 30.3 Å². The van der Waals surface area contributed by atoms with Gasteiger partial charge < -0.3 is 0 Å². The fourth-order valence-corrected chi connectivity index (χ4v) is 1.95.